The Kier molecular flexibility index (Phi) is 3.10. The van der Waals surface area contributed by atoms with Crippen molar-refractivity contribution >= 4 is 0 Å². The van der Waals surface area contributed by atoms with Gasteiger partial charge in [-0.2, -0.15) is 0 Å². The average molecular weight is 267 g/mol. The molecular formula is C15H17N5. The number of aryl methyl sites for hydroxylation is 3. The molecule has 0 radical (unpaired) electrons. The van der Waals surface area contributed by atoms with Gasteiger partial charge in [0.2, 0.25) is 0 Å². The van der Waals surface area contributed by atoms with Crippen LogP contribution in [0.3, 0.4) is 0 Å². The molecule has 5 heteroatoms. The summed E-state index contributed by atoms with van der Waals surface area (Å²) >= 11 is 0. The first-order chi connectivity index (χ1) is 9.69. The topological polar surface area (TPSA) is 48.5 Å². The van der Waals surface area contributed by atoms with Crippen LogP contribution in [0.1, 0.15) is 12.5 Å². The molecular weight excluding hydrogens is 250 g/mol. The summed E-state index contributed by atoms with van der Waals surface area (Å²) in [7, 11) is 3.96. The number of nitrogens with zero attached hydrogens (tertiary/aromatic N) is 5. The van der Waals surface area contributed by atoms with E-state index in [9.17, 15) is 0 Å². The van der Waals surface area contributed by atoms with Gasteiger partial charge in [0.1, 0.15) is 0 Å². The molecule has 102 valence electrons. The lowest BCUT2D eigenvalue weighted by Gasteiger charge is -2.09. The summed E-state index contributed by atoms with van der Waals surface area (Å²) in [4.78, 5) is 13.1. The van der Waals surface area contributed by atoms with E-state index < -0.39 is 0 Å². The van der Waals surface area contributed by atoms with Crippen molar-refractivity contribution in [3.05, 3.63) is 42.7 Å². The number of pyridine rings is 1. The highest BCUT2D eigenvalue weighted by Gasteiger charge is 2.11. The van der Waals surface area contributed by atoms with Crippen molar-refractivity contribution in [1.82, 2.24) is 24.1 Å². The van der Waals surface area contributed by atoms with E-state index in [1.165, 1.54) is 5.56 Å². The number of rotatable bonds is 3. The molecule has 0 saturated carbocycles. The minimum atomic E-state index is 0.945. The zero-order chi connectivity index (χ0) is 14.1. The molecule has 3 heterocycles. The Morgan fingerprint density at radius 2 is 1.40 bits per heavy atom. The van der Waals surface area contributed by atoms with Crippen LogP contribution in [0.4, 0.5) is 0 Å². The predicted octanol–water partition coefficient (Wildman–Crippen LogP) is 2.45. The Hall–Kier alpha value is -2.43. The van der Waals surface area contributed by atoms with Crippen molar-refractivity contribution < 1.29 is 0 Å². The second-order valence-corrected chi connectivity index (χ2v) is 4.88. The van der Waals surface area contributed by atoms with Gasteiger partial charge in [-0.05, 0) is 24.1 Å². The summed E-state index contributed by atoms with van der Waals surface area (Å²) < 4.78 is 3.96. The molecule has 20 heavy (non-hydrogen) atoms. The Morgan fingerprint density at radius 1 is 0.900 bits per heavy atom. The van der Waals surface area contributed by atoms with Crippen LogP contribution in [0.25, 0.3) is 22.8 Å². The highest BCUT2D eigenvalue weighted by atomic mass is 15.0. The van der Waals surface area contributed by atoms with Crippen LogP contribution in [0, 0.1) is 0 Å². The Labute approximate surface area is 118 Å². The second kappa shape index (κ2) is 4.92. The molecule has 0 aliphatic heterocycles. The normalized spacial score (nSPS) is 10.9. The zero-order valence-electron chi connectivity index (χ0n) is 11.9. The summed E-state index contributed by atoms with van der Waals surface area (Å²) in [6.07, 6.45) is 8.24. The molecule has 0 atom stereocenters. The maximum Gasteiger partial charge on any atom is 0.0948 e. The van der Waals surface area contributed by atoms with Crippen molar-refractivity contribution in [1.29, 1.82) is 0 Å². The van der Waals surface area contributed by atoms with Crippen molar-refractivity contribution in [2.45, 2.75) is 13.3 Å². The summed E-state index contributed by atoms with van der Waals surface area (Å²) in [5.74, 6) is 0. The van der Waals surface area contributed by atoms with Gasteiger partial charge in [0.15, 0.2) is 0 Å². The third-order valence-electron chi connectivity index (χ3n) is 3.45. The Morgan fingerprint density at radius 3 is 1.75 bits per heavy atom. The molecule has 0 aliphatic carbocycles. The number of hydrogen-bond donors (Lipinski definition) is 0. The summed E-state index contributed by atoms with van der Waals surface area (Å²) in [6.45, 7) is 2.15. The van der Waals surface area contributed by atoms with Gasteiger partial charge in [-0.1, -0.05) is 6.92 Å². The van der Waals surface area contributed by atoms with Crippen molar-refractivity contribution in [3.8, 4) is 22.8 Å². The van der Waals surface area contributed by atoms with E-state index in [-0.39, 0.29) is 0 Å². The van der Waals surface area contributed by atoms with Crippen LogP contribution < -0.4 is 0 Å². The minimum Gasteiger partial charge on any atom is -0.332 e. The second-order valence-electron chi connectivity index (χ2n) is 4.88. The SMILES string of the molecule is CCc1cc(-c2cncn2C)nc(-c2cncn2C)c1. The van der Waals surface area contributed by atoms with Gasteiger partial charge >= 0.3 is 0 Å². The molecule has 0 saturated heterocycles. The van der Waals surface area contributed by atoms with Gasteiger partial charge < -0.3 is 9.13 Å². The number of imidazole rings is 2. The third kappa shape index (κ3) is 2.11. The van der Waals surface area contributed by atoms with Gasteiger partial charge in [0.25, 0.3) is 0 Å². The fourth-order valence-corrected chi connectivity index (χ4v) is 2.26. The van der Waals surface area contributed by atoms with Crippen molar-refractivity contribution in [3.63, 3.8) is 0 Å². The van der Waals surface area contributed by atoms with E-state index in [2.05, 4.69) is 29.0 Å². The number of hydrogen-bond acceptors (Lipinski definition) is 3. The average Bonchev–Trinajstić information content (AvgIpc) is 3.06. The first kappa shape index (κ1) is 12.6. The maximum absolute atomic E-state index is 4.77. The highest BCUT2D eigenvalue weighted by Crippen LogP contribution is 2.24. The van der Waals surface area contributed by atoms with Crippen molar-refractivity contribution in [2.75, 3.05) is 0 Å². The van der Waals surface area contributed by atoms with Crippen LogP contribution in [0.2, 0.25) is 0 Å². The van der Waals surface area contributed by atoms with Gasteiger partial charge in [-0.25, -0.2) is 15.0 Å². The Bertz CT molecular complexity index is 680. The summed E-state index contributed by atoms with van der Waals surface area (Å²) in [5.41, 5.74) is 5.18. The molecule has 0 aromatic carbocycles. The molecule has 0 bridgehead atoms. The van der Waals surface area contributed by atoms with Gasteiger partial charge in [0.05, 0.1) is 47.8 Å². The lowest BCUT2D eigenvalue weighted by molar-refractivity contribution is 0.907. The minimum absolute atomic E-state index is 0.945. The first-order valence-electron chi connectivity index (χ1n) is 6.63. The van der Waals surface area contributed by atoms with E-state index in [1.54, 1.807) is 12.7 Å². The lowest BCUT2D eigenvalue weighted by atomic mass is 10.1. The molecule has 0 amide bonds. The van der Waals surface area contributed by atoms with Crippen molar-refractivity contribution in [2.24, 2.45) is 14.1 Å². The van der Waals surface area contributed by atoms with E-state index in [1.807, 2.05) is 35.6 Å². The summed E-state index contributed by atoms with van der Waals surface area (Å²) in [5, 5.41) is 0. The van der Waals surface area contributed by atoms with Crippen LogP contribution in [-0.2, 0) is 20.5 Å². The highest BCUT2D eigenvalue weighted by molar-refractivity contribution is 5.63. The van der Waals surface area contributed by atoms with Crippen LogP contribution in [0.15, 0.2) is 37.2 Å². The molecule has 0 aliphatic rings. The van der Waals surface area contributed by atoms with Crippen LogP contribution >= 0.6 is 0 Å². The number of aromatic nitrogens is 5. The molecule has 3 aromatic heterocycles. The van der Waals surface area contributed by atoms with Gasteiger partial charge in [0, 0.05) is 14.1 Å². The van der Waals surface area contributed by atoms with Crippen LogP contribution in [-0.4, -0.2) is 24.1 Å². The quantitative estimate of drug-likeness (QED) is 0.732. The lowest BCUT2D eigenvalue weighted by Crippen LogP contribution is -1.98. The Balaban J connectivity index is 2.18. The smallest absolute Gasteiger partial charge is 0.0948 e. The summed E-state index contributed by atoms with van der Waals surface area (Å²) in [6, 6.07) is 4.24. The van der Waals surface area contributed by atoms with Gasteiger partial charge in [-0.15, -0.1) is 0 Å². The van der Waals surface area contributed by atoms with Crippen LogP contribution in [0.5, 0.6) is 0 Å². The molecule has 3 rings (SSSR count). The third-order valence-corrected chi connectivity index (χ3v) is 3.45. The van der Waals surface area contributed by atoms with E-state index in [0.717, 1.165) is 29.2 Å². The molecule has 0 fully saturated rings. The predicted molar refractivity (Wildman–Crippen MR) is 78.0 cm³/mol. The fourth-order valence-electron chi connectivity index (χ4n) is 2.26. The molecule has 5 nitrogen and oxygen atoms in total. The van der Waals surface area contributed by atoms with E-state index >= 15 is 0 Å². The standard InChI is InChI=1S/C15H17N5/c1-4-11-5-12(14-7-16-9-19(14)2)18-13(6-11)15-8-17-10-20(15)3/h5-10H,4H2,1-3H3. The molecule has 0 unspecified atom stereocenters. The molecule has 0 N–H and O–H groups in total. The molecule has 0 spiro atoms. The fraction of sp³-hybridized carbons (Fsp3) is 0.267. The maximum atomic E-state index is 4.77. The zero-order valence-corrected chi connectivity index (χ0v) is 11.9. The van der Waals surface area contributed by atoms with E-state index in [4.69, 9.17) is 4.98 Å². The monoisotopic (exact) mass is 267 g/mol. The first-order valence-corrected chi connectivity index (χ1v) is 6.63. The molecule has 3 aromatic rings. The van der Waals surface area contributed by atoms with E-state index in [0.29, 0.717) is 0 Å². The largest absolute Gasteiger partial charge is 0.332 e. The van der Waals surface area contributed by atoms with Gasteiger partial charge in [-0.3, -0.25) is 0 Å².